The van der Waals surface area contributed by atoms with Crippen LogP contribution in [0.15, 0.2) is 0 Å². The smallest absolute Gasteiger partial charge is 0.00773 e. The Morgan fingerprint density at radius 2 is 2.00 bits per heavy atom. The van der Waals surface area contributed by atoms with Crippen LogP contribution < -0.4 is 5.73 Å². The zero-order valence-electron chi connectivity index (χ0n) is 3.98. The van der Waals surface area contributed by atoms with E-state index >= 15 is 0 Å². The van der Waals surface area contributed by atoms with Crippen molar-refractivity contribution in [2.24, 2.45) is 5.73 Å². The number of rotatable bonds is 3. The van der Waals surface area contributed by atoms with Crippen LogP contribution in [0.4, 0.5) is 0 Å². The molecule has 2 radical (unpaired) electrons. The minimum atomic E-state index is 0.775. The number of unbranched alkanes of at least 4 members (excludes halogenated alkanes) is 2. The molecule has 0 aliphatic heterocycles. The van der Waals surface area contributed by atoms with Crippen molar-refractivity contribution in [3.8, 4) is 0 Å². The summed E-state index contributed by atoms with van der Waals surface area (Å²) in [6.45, 7) is 5.93. The molecule has 0 aromatic rings. The van der Waals surface area contributed by atoms with Gasteiger partial charge < -0.3 is 5.73 Å². The molecule has 0 aliphatic carbocycles. The van der Waals surface area contributed by atoms with E-state index in [0.29, 0.717) is 0 Å². The molecular formula is C5H11N. The van der Waals surface area contributed by atoms with Crippen molar-refractivity contribution in [2.75, 3.05) is 6.54 Å². The molecule has 0 saturated heterocycles. The first-order valence-electron chi connectivity index (χ1n) is 2.32. The molecule has 36 valence electrons. The fourth-order valence-electron chi connectivity index (χ4n) is 0.289. The first-order valence-corrected chi connectivity index (χ1v) is 2.32. The fourth-order valence-corrected chi connectivity index (χ4v) is 0.289. The topological polar surface area (TPSA) is 26.0 Å². The van der Waals surface area contributed by atoms with Crippen molar-refractivity contribution in [1.29, 1.82) is 0 Å². The molecule has 0 unspecified atom stereocenters. The van der Waals surface area contributed by atoms with Crippen LogP contribution in [-0.4, -0.2) is 6.54 Å². The third-order valence-electron chi connectivity index (χ3n) is 0.658. The van der Waals surface area contributed by atoms with Crippen LogP contribution in [0.2, 0.25) is 0 Å². The Balaban J connectivity index is 2.34. The van der Waals surface area contributed by atoms with Gasteiger partial charge in [-0.05, 0) is 26.3 Å². The fraction of sp³-hybridized carbons (Fsp3) is 0.800. The van der Waals surface area contributed by atoms with E-state index in [2.05, 4.69) is 0 Å². The summed E-state index contributed by atoms with van der Waals surface area (Å²) in [6.07, 6.45) is 2.91. The Kier molecular flexibility index (Phi) is 4.93. The molecule has 0 fully saturated rings. The van der Waals surface area contributed by atoms with Gasteiger partial charge in [0.05, 0.1) is 0 Å². The molecule has 0 spiro atoms. The summed E-state index contributed by atoms with van der Waals surface area (Å²) in [5, 5.41) is 0. The molecule has 6 heavy (non-hydrogen) atoms. The molecule has 0 amide bonds. The van der Waals surface area contributed by atoms with Gasteiger partial charge in [0, 0.05) is 0 Å². The van der Waals surface area contributed by atoms with Crippen LogP contribution in [0.3, 0.4) is 0 Å². The molecule has 1 heteroatoms. The van der Waals surface area contributed by atoms with Gasteiger partial charge in [-0.15, -0.1) is 0 Å². The molecule has 0 rings (SSSR count). The van der Waals surface area contributed by atoms with Crippen molar-refractivity contribution >= 4 is 0 Å². The third-order valence-corrected chi connectivity index (χ3v) is 0.658. The van der Waals surface area contributed by atoms with E-state index < -0.39 is 0 Å². The van der Waals surface area contributed by atoms with E-state index in [-0.39, 0.29) is 0 Å². The molecule has 1 nitrogen and oxygen atoms in total. The second-order valence-electron chi connectivity index (χ2n) is 1.28. The number of nitrogens with two attached hydrogens (primary N) is 1. The van der Waals surface area contributed by atoms with E-state index in [1.165, 1.54) is 0 Å². The largest absolute Gasteiger partial charge is 0.330 e. The van der Waals surface area contributed by atoms with Crippen LogP contribution in [-0.2, 0) is 0 Å². The summed E-state index contributed by atoms with van der Waals surface area (Å²) in [6, 6.07) is 0. The molecule has 0 aromatic heterocycles. The van der Waals surface area contributed by atoms with Crippen molar-refractivity contribution in [1.82, 2.24) is 0 Å². The van der Waals surface area contributed by atoms with Gasteiger partial charge in [0.2, 0.25) is 0 Å². The van der Waals surface area contributed by atoms with Crippen molar-refractivity contribution in [3.05, 3.63) is 6.92 Å². The second kappa shape index (κ2) is 4.96. The molecule has 0 heterocycles. The zero-order chi connectivity index (χ0) is 4.83. The maximum absolute atomic E-state index is 5.16. The summed E-state index contributed by atoms with van der Waals surface area (Å²) in [5.41, 5.74) is 5.16. The summed E-state index contributed by atoms with van der Waals surface area (Å²) in [5.74, 6) is 0. The van der Waals surface area contributed by atoms with E-state index in [9.17, 15) is 0 Å². The molecule has 0 bridgehead atoms. The minimum Gasteiger partial charge on any atom is -0.330 e. The third kappa shape index (κ3) is 3.96. The number of hydrogen-bond donors (Lipinski definition) is 1. The van der Waals surface area contributed by atoms with Crippen molar-refractivity contribution < 1.29 is 0 Å². The lowest BCUT2D eigenvalue weighted by Crippen LogP contribution is -1.96. The van der Waals surface area contributed by atoms with E-state index in [1.807, 2.05) is 0 Å². The first kappa shape index (κ1) is 5.96. The molecule has 0 aromatic carbocycles. The Morgan fingerprint density at radius 3 is 2.17 bits per heavy atom. The van der Waals surface area contributed by atoms with Crippen LogP contribution in [0.5, 0.6) is 0 Å². The summed E-state index contributed by atoms with van der Waals surface area (Å²) < 4.78 is 0. The SMILES string of the molecule is [CH]CCCCN. The van der Waals surface area contributed by atoms with Crippen LogP contribution in [0, 0.1) is 6.92 Å². The monoisotopic (exact) mass is 85.1 g/mol. The van der Waals surface area contributed by atoms with Gasteiger partial charge in [0.15, 0.2) is 0 Å². The summed E-state index contributed by atoms with van der Waals surface area (Å²) in [7, 11) is 0. The Labute approximate surface area is 39.5 Å². The first-order chi connectivity index (χ1) is 2.91. The van der Waals surface area contributed by atoms with Gasteiger partial charge in [-0.25, -0.2) is 0 Å². The van der Waals surface area contributed by atoms with Crippen LogP contribution in [0.25, 0.3) is 0 Å². The Morgan fingerprint density at radius 1 is 1.33 bits per heavy atom. The number of hydrogen-bond acceptors (Lipinski definition) is 1. The summed E-state index contributed by atoms with van der Waals surface area (Å²) in [4.78, 5) is 0. The predicted octanol–water partition coefficient (Wildman–Crippen LogP) is 0.826. The average molecular weight is 85.2 g/mol. The highest BCUT2D eigenvalue weighted by atomic mass is 14.5. The van der Waals surface area contributed by atoms with Gasteiger partial charge in [0.1, 0.15) is 0 Å². The normalized spacial score (nSPS) is 9.00. The van der Waals surface area contributed by atoms with Crippen LogP contribution in [0.1, 0.15) is 19.3 Å². The zero-order valence-corrected chi connectivity index (χ0v) is 3.98. The standard InChI is InChI=1S/C5H11N/c1-2-3-4-5-6/h1H,2-6H2. The maximum atomic E-state index is 5.16. The van der Waals surface area contributed by atoms with Gasteiger partial charge in [-0.2, -0.15) is 0 Å². The van der Waals surface area contributed by atoms with E-state index in [1.54, 1.807) is 0 Å². The van der Waals surface area contributed by atoms with E-state index in [0.717, 1.165) is 25.8 Å². The highest BCUT2D eigenvalue weighted by molar-refractivity contribution is 4.41. The molecule has 0 atom stereocenters. The Bertz CT molecular complexity index is 15.9. The van der Waals surface area contributed by atoms with Crippen molar-refractivity contribution in [3.63, 3.8) is 0 Å². The van der Waals surface area contributed by atoms with Gasteiger partial charge in [-0.3, -0.25) is 0 Å². The lowest BCUT2D eigenvalue weighted by Gasteiger charge is -1.86. The summed E-state index contributed by atoms with van der Waals surface area (Å²) >= 11 is 0. The minimum absolute atomic E-state index is 0.775. The highest BCUT2D eigenvalue weighted by Crippen LogP contribution is 1.87. The maximum Gasteiger partial charge on any atom is -0.00773 e. The van der Waals surface area contributed by atoms with Gasteiger partial charge >= 0.3 is 0 Å². The van der Waals surface area contributed by atoms with Gasteiger partial charge in [0.25, 0.3) is 0 Å². The molecule has 0 aliphatic rings. The lowest BCUT2D eigenvalue weighted by molar-refractivity contribution is 0.757. The van der Waals surface area contributed by atoms with Crippen molar-refractivity contribution in [2.45, 2.75) is 19.3 Å². The highest BCUT2D eigenvalue weighted by Gasteiger charge is 1.75. The van der Waals surface area contributed by atoms with Crippen LogP contribution >= 0.6 is 0 Å². The lowest BCUT2D eigenvalue weighted by atomic mass is 10.3. The quantitative estimate of drug-likeness (QED) is 0.504. The molecular weight excluding hydrogens is 74.1 g/mol. The predicted molar refractivity (Wildman–Crippen MR) is 27.2 cm³/mol. The second-order valence-corrected chi connectivity index (χ2v) is 1.28. The van der Waals surface area contributed by atoms with E-state index in [4.69, 9.17) is 12.7 Å². The molecule has 2 N–H and O–H groups in total. The Hall–Kier alpha value is -0.0400. The average Bonchev–Trinajstić information content (AvgIpc) is 1.61. The molecule has 0 saturated carbocycles. The van der Waals surface area contributed by atoms with Gasteiger partial charge in [-0.1, -0.05) is 6.42 Å².